The number of ether oxygens (including phenoxy) is 1. The standard InChI is InChI=1S/C29H48O5/c1-18(7-6-13-27(2,3)33)21-10-11-22-20-9-8-19-17-24(31)25(34-16-15-30)26(32)29(19,5)23(20)12-14-28(21,22)4/h8-9,18,21-26,30-33H,6-7,10-17H2,1-5H3/t18-,21-,22?,23?,24-,25-,26+,28-,29+/m1/s1. The van der Waals surface area contributed by atoms with Gasteiger partial charge in [0.15, 0.2) is 0 Å². The van der Waals surface area contributed by atoms with Gasteiger partial charge in [-0.3, -0.25) is 0 Å². The predicted octanol–water partition coefficient (Wildman–Crippen LogP) is 4.38. The minimum atomic E-state index is -0.787. The van der Waals surface area contributed by atoms with Crippen LogP contribution in [0.15, 0.2) is 23.3 Å². The maximum Gasteiger partial charge on any atom is 0.110 e. The van der Waals surface area contributed by atoms with Crippen LogP contribution in [0.4, 0.5) is 0 Å². The van der Waals surface area contributed by atoms with Crippen molar-refractivity contribution in [2.24, 2.45) is 34.5 Å². The lowest BCUT2D eigenvalue weighted by Gasteiger charge is -2.57. The van der Waals surface area contributed by atoms with Crippen LogP contribution in [-0.4, -0.2) is 57.6 Å². The van der Waals surface area contributed by atoms with E-state index in [0.29, 0.717) is 24.2 Å². The molecule has 0 bridgehead atoms. The Morgan fingerprint density at radius 1 is 1.12 bits per heavy atom. The number of aliphatic hydroxyl groups is 4. The second-order valence-corrected chi connectivity index (χ2v) is 12.9. The van der Waals surface area contributed by atoms with Crippen molar-refractivity contribution >= 4 is 0 Å². The van der Waals surface area contributed by atoms with E-state index in [4.69, 9.17) is 4.74 Å². The Balaban J connectivity index is 1.54. The van der Waals surface area contributed by atoms with E-state index in [2.05, 4.69) is 32.9 Å². The number of hydrogen-bond acceptors (Lipinski definition) is 5. The van der Waals surface area contributed by atoms with Crippen molar-refractivity contribution in [1.29, 1.82) is 0 Å². The summed E-state index contributed by atoms with van der Waals surface area (Å²) in [5.41, 5.74) is 1.91. The lowest BCUT2D eigenvalue weighted by Crippen LogP contribution is -2.59. The molecule has 34 heavy (non-hydrogen) atoms. The van der Waals surface area contributed by atoms with E-state index in [1.54, 1.807) is 0 Å². The Morgan fingerprint density at radius 3 is 2.53 bits per heavy atom. The van der Waals surface area contributed by atoms with Gasteiger partial charge in [0.1, 0.15) is 6.10 Å². The van der Waals surface area contributed by atoms with Gasteiger partial charge >= 0.3 is 0 Å². The molecule has 5 heteroatoms. The minimum Gasteiger partial charge on any atom is -0.394 e. The highest BCUT2D eigenvalue weighted by Crippen LogP contribution is 2.66. The molecule has 2 unspecified atom stereocenters. The van der Waals surface area contributed by atoms with Gasteiger partial charge in [-0.05, 0) is 81.5 Å². The van der Waals surface area contributed by atoms with Crippen LogP contribution >= 0.6 is 0 Å². The largest absolute Gasteiger partial charge is 0.394 e. The molecule has 3 saturated carbocycles. The van der Waals surface area contributed by atoms with Gasteiger partial charge in [0.25, 0.3) is 0 Å². The van der Waals surface area contributed by atoms with Gasteiger partial charge in [-0.2, -0.15) is 0 Å². The van der Waals surface area contributed by atoms with Crippen LogP contribution < -0.4 is 0 Å². The van der Waals surface area contributed by atoms with Gasteiger partial charge in [0, 0.05) is 5.41 Å². The van der Waals surface area contributed by atoms with Crippen LogP contribution in [-0.2, 0) is 4.74 Å². The van der Waals surface area contributed by atoms with Gasteiger partial charge < -0.3 is 25.2 Å². The first-order valence-corrected chi connectivity index (χ1v) is 13.7. The van der Waals surface area contributed by atoms with E-state index in [9.17, 15) is 20.4 Å². The van der Waals surface area contributed by atoms with Gasteiger partial charge in [0.05, 0.1) is 31.0 Å². The van der Waals surface area contributed by atoms with Crippen molar-refractivity contribution in [1.82, 2.24) is 0 Å². The number of rotatable bonds is 8. The van der Waals surface area contributed by atoms with E-state index in [-0.39, 0.29) is 24.5 Å². The van der Waals surface area contributed by atoms with E-state index in [1.165, 1.54) is 31.3 Å². The van der Waals surface area contributed by atoms with Gasteiger partial charge in [-0.1, -0.05) is 56.9 Å². The second-order valence-electron chi connectivity index (χ2n) is 12.9. The zero-order valence-electron chi connectivity index (χ0n) is 22.0. The molecule has 4 rings (SSSR count). The highest BCUT2D eigenvalue weighted by atomic mass is 16.5. The average Bonchev–Trinajstić information content (AvgIpc) is 3.11. The third kappa shape index (κ3) is 4.45. The summed E-state index contributed by atoms with van der Waals surface area (Å²) >= 11 is 0. The van der Waals surface area contributed by atoms with Gasteiger partial charge in [-0.15, -0.1) is 0 Å². The molecule has 4 aliphatic carbocycles. The molecule has 3 fully saturated rings. The third-order valence-corrected chi connectivity index (χ3v) is 10.3. The quantitative estimate of drug-likeness (QED) is 0.417. The molecular formula is C29H48O5. The number of aliphatic hydroxyl groups excluding tert-OH is 3. The first-order chi connectivity index (χ1) is 15.9. The number of hydrogen-bond donors (Lipinski definition) is 4. The fraction of sp³-hybridized carbons (Fsp3) is 0.862. The molecule has 0 spiro atoms. The number of allylic oxidation sites excluding steroid dienone is 3. The first-order valence-electron chi connectivity index (χ1n) is 13.7. The molecule has 4 aliphatic rings. The summed E-state index contributed by atoms with van der Waals surface area (Å²) in [4.78, 5) is 0. The zero-order chi connectivity index (χ0) is 24.9. The van der Waals surface area contributed by atoms with Gasteiger partial charge in [-0.25, -0.2) is 0 Å². The number of fused-ring (bicyclic) bond motifs is 5. The molecule has 0 amide bonds. The molecule has 0 radical (unpaired) electrons. The van der Waals surface area contributed by atoms with Crippen LogP contribution in [0.25, 0.3) is 0 Å². The predicted molar refractivity (Wildman–Crippen MR) is 134 cm³/mol. The van der Waals surface area contributed by atoms with Crippen molar-refractivity contribution in [3.63, 3.8) is 0 Å². The summed E-state index contributed by atoms with van der Waals surface area (Å²) < 4.78 is 5.75. The molecule has 0 aliphatic heterocycles. The highest BCUT2D eigenvalue weighted by molar-refractivity contribution is 5.40. The van der Waals surface area contributed by atoms with Crippen LogP contribution in [0, 0.1) is 34.5 Å². The Bertz CT molecular complexity index is 797. The smallest absolute Gasteiger partial charge is 0.110 e. The molecule has 4 N–H and O–H groups in total. The minimum absolute atomic E-state index is 0.111. The molecule has 9 atom stereocenters. The summed E-state index contributed by atoms with van der Waals surface area (Å²) in [7, 11) is 0. The molecule has 0 aromatic heterocycles. The fourth-order valence-electron chi connectivity index (χ4n) is 8.48. The molecule has 0 aromatic rings. The van der Waals surface area contributed by atoms with Gasteiger partial charge in [0.2, 0.25) is 0 Å². The zero-order valence-corrected chi connectivity index (χ0v) is 22.0. The van der Waals surface area contributed by atoms with Crippen molar-refractivity contribution < 1.29 is 25.2 Å². The van der Waals surface area contributed by atoms with Crippen LogP contribution in [0.2, 0.25) is 0 Å². The Labute approximate surface area is 206 Å². The van der Waals surface area contributed by atoms with E-state index in [0.717, 1.165) is 24.8 Å². The second kappa shape index (κ2) is 9.63. The van der Waals surface area contributed by atoms with Crippen LogP contribution in [0.5, 0.6) is 0 Å². The van der Waals surface area contributed by atoms with E-state index in [1.807, 2.05) is 13.8 Å². The van der Waals surface area contributed by atoms with E-state index < -0.39 is 29.3 Å². The highest BCUT2D eigenvalue weighted by Gasteiger charge is 2.60. The lowest BCUT2D eigenvalue weighted by molar-refractivity contribution is -0.164. The molecule has 194 valence electrons. The molecule has 0 aromatic carbocycles. The Morgan fingerprint density at radius 2 is 1.85 bits per heavy atom. The van der Waals surface area contributed by atoms with Crippen molar-refractivity contribution in [3.05, 3.63) is 23.3 Å². The molecule has 0 heterocycles. The first kappa shape index (κ1) is 26.3. The molecule has 5 nitrogen and oxygen atoms in total. The summed E-state index contributed by atoms with van der Waals surface area (Å²) in [6.45, 7) is 10.9. The van der Waals surface area contributed by atoms with Crippen LogP contribution in [0.3, 0.4) is 0 Å². The summed E-state index contributed by atoms with van der Waals surface area (Å²) in [6, 6.07) is 0. The summed E-state index contributed by atoms with van der Waals surface area (Å²) in [6.07, 6.45) is 10.6. The topological polar surface area (TPSA) is 90.2 Å². The monoisotopic (exact) mass is 476 g/mol. The maximum absolute atomic E-state index is 11.5. The lowest BCUT2D eigenvalue weighted by atomic mass is 9.49. The summed E-state index contributed by atoms with van der Waals surface area (Å²) in [5, 5.41) is 41.5. The molecular weight excluding hydrogens is 428 g/mol. The maximum atomic E-state index is 11.5. The average molecular weight is 477 g/mol. The Kier molecular flexibility index (Phi) is 7.46. The SMILES string of the molecule is C[C@H](CCCC(C)(C)O)[C@H]1CCC2C3=CC=C4C[C@@H](O)[C@@H](OCCO)[C@H](O)[C@]4(C)C3CC[C@@]21C. The van der Waals surface area contributed by atoms with Crippen molar-refractivity contribution in [2.75, 3.05) is 13.2 Å². The third-order valence-electron chi connectivity index (χ3n) is 10.3. The normalized spacial score (nSPS) is 42.9. The fourth-order valence-corrected chi connectivity index (χ4v) is 8.48. The van der Waals surface area contributed by atoms with Crippen molar-refractivity contribution in [3.8, 4) is 0 Å². The Hall–Kier alpha value is -0.720. The summed E-state index contributed by atoms with van der Waals surface area (Å²) in [5.74, 6) is 2.15. The molecule has 0 saturated heterocycles. The van der Waals surface area contributed by atoms with Crippen LogP contribution in [0.1, 0.15) is 86.0 Å². The van der Waals surface area contributed by atoms with E-state index >= 15 is 0 Å². The van der Waals surface area contributed by atoms with Crippen molar-refractivity contribution in [2.45, 2.75) is 110 Å².